The van der Waals surface area contributed by atoms with Crippen LogP contribution in [0.2, 0.25) is 0 Å². The Labute approximate surface area is 157 Å². The van der Waals surface area contributed by atoms with E-state index in [1.807, 2.05) is 30.3 Å². The van der Waals surface area contributed by atoms with Crippen LogP contribution in [0.4, 0.5) is 4.79 Å². The lowest BCUT2D eigenvalue weighted by atomic mass is 10.0. The van der Waals surface area contributed by atoms with Crippen LogP contribution in [0.3, 0.4) is 0 Å². The van der Waals surface area contributed by atoms with Gasteiger partial charge < -0.3 is 21.1 Å². The molecule has 4 N–H and O–H groups in total. The molecule has 1 atom stereocenters. The fourth-order valence-electron chi connectivity index (χ4n) is 2.49. The van der Waals surface area contributed by atoms with Gasteiger partial charge in [-0.25, -0.2) is 9.59 Å². The molecule has 0 bridgehead atoms. The Hall–Kier alpha value is -3.35. The van der Waals surface area contributed by atoms with Gasteiger partial charge in [0.05, 0.1) is 6.61 Å². The molecule has 2 aromatic rings. The zero-order valence-corrected chi connectivity index (χ0v) is 15.1. The molecule has 0 saturated carbocycles. The van der Waals surface area contributed by atoms with E-state index in [0.717, 1.165) is 11.1 Å². The molecule has 2 rings (SSSR count). The summed E-state index contributed by atoms with van der Waals surface area (Å²) < 4.78 is 5.08. The first-order chi connectivity index (χ1) is 13.0. The molecule has 0 heterocycles. The summed E-state index contributed by atoms with van der Waals surface area (Å²) in [4.78, 5) is 35.5. The van der Waals surface area contributed by atoms with Gasteiger partial charge in [0.2, 0.25) is 0 Å². The number of primary amides is 1. The van der Waals surface area contributed by atoms with Crippen molar-refractivity contribution in [1.82, 2.24) is 10.6 Å². The molecule has 1 unspecified atom stereocenters. The van der Waals surface area contributed by atoms with Crippen molar-refractivity contribution in [3.63, 3.8) is 0 Å². The molecule has 0 aliphatic heterocycles. The van der Waals surface area contributed by atoms with Gasteiger partial charge in [0.1, 0.15) is 6.04 Å². The highest BCUT2D eigenvalue weighted by Crippen LogP contribution is 2.08. The number of hydrogen-bond donors (Lipinski definition) is 3. The lowest BCUT2D eigenvalue weighted by molar-refractivity contribution is -0.145. The van der Waals surface area contributed by atoms with Gasteiger partial charge in [-0.3, -0.25) is 4.79 Å². The summed E-state index contributed by atoms with van der Waals surface area (Å²) in [5, 5.41) is 5.21. The lowest BCUT2D eigenvalue weighted by Gasteiger charge is -2.17. The molecule has 27 heavy (non-hydrogen) atoms. The van der Waals surface area contributed by atoms with Crippen LogP contribution in [-0.4, -0.2) is 30.6 Å². The summed E-state index contributed by atoms with van der Waals surface area (Å²) in [6, 6.07) is 14.7. The van der Waals surface area contributed by atoms with E-state index in [1.54, 1.807) is 31.2 Å². The topological polar surface area (TPSA) is 111 Å². The van der Waals surface area contributed by atoms with Gasteiger partial charge in [0.25, 0.3) is 5.91 Å². The first kappa shape index (κ1) is 20.0. The number of esters is 1. The SMILES string of the molecule is CCOC(=O)C(Cc1ccccc1)NC(=O)c1ccc(CNC(N)=O)cc1. The van der Waals surface area contributed by atoms with Crippen molar-refractivity contribution in [3.05, 3.63) is 71.3 Å². The van der Waals surface area contributed by atoms with Crippen molar-refractivity contribution in [3.8, 4) is 0 Å². The predicted molar refractivity (Wildman–Crippen MR) is 101 cm³/mol. The van der Waals surface area contributed by atoms with Gasteiger partial charge >= 0.3 is 12.0 Å². The first-order valence-corrected chi connectivity index (χ1v) is 8.63. The van der Waals surface area contributed by atoms with Gasteiger partial charge in [-0.15, -0.1) is 0 Å². The molecule has 0 saturated heterocycles. The van der Waals surface area contributed by atoms with Crippen molar-refractivity contribution in [2.24, 2.45) is 5.73 Å². The Balaban J connectivity index is 2.05. The molecule has 142 valence electrons. The molecule has 2 aromatic carbocycles. The molecule has 0 aromatic heterocycles. The van der Waals surface area contributed by atoms with E-state index < -0.39 is 18.0 Å². The summed E-state index contributed by atoms with van der Waals surface area (Å²) in [6.45, 7) is 2.23. The molecular weight excluding hydrogens is 346 g/mol. The Morgan fingerprint density at radius 2 is 1.67 bits per heavy atom. The minimum atomic E-state index is -0.781. The summed E-state index contributed by atoms with van der Waals surface area (Å²) >= 11 is 0. The van der Waals surface area contributed by atoms with E-state index in [2.05, 4.69) is 10.6 Å². The second-order valence-corrected chi connectivity index (χ2v) is 5.88. The van der Waals surface area contributed by atoms with Crippen LogP contribution in [0.1, 0.15) is 28.4 Å². The number of nitrogens with two attached hydrogens (primary N) is 1. The second kappa shape index (κ2) is 9.96. The van der Waals surface area contributed by atoms with Gasteiger partial charge in [-0.1, -0.05) is 42.5 Å². The molecule has 7 nitrogen and oxygen atoms in total. The number of carbonyl (C=O) groups is 3. The number of ether oxygens (including phenoxy) is 1. The standard InChI is InChI=1S/C20H23N3O4/c1-2-27-19(25)17(12-14-6-4-3-5-7-14)23-18(24)16-10-8-15(9-11-16)13-22-20(21)26/h3-11,17H,2,12-13H2,1H3,(H,23,24)(H3,21,22,26). The minimum absolute atomic E-state index is 0.238. The minimum Gasteiger partial charge on any atom is -0.464 e. The Morgan fingerprint density at radius 1 is 1.00 bits per heavy atom. The van der Waals surface area contributed by atoms with Crippen molar-refractivity contribution in [2.45, 2.75) is 25.9 Å². The first-order valence-electron chi connectivity index (χ1n) is 8.63. The molecular formula is C20H23N3O4. The Kier molecular flexibility index (Phi) is 7.37. The van der Waals surface area contributed by atoms with E-state index in [9.17, 15) is 14.4 Å². The van der Waals surface area contributed by atoms with E-state index in [-0.39, 0.29) is 19.1 Å². The summed E-state index contributed by atoms with van der Waals surface area (Å²) in [7, 11) is 0. The summed E-state index contributed by atoms with van der Waals surface area (Å²) in [6.07, 6.45) is 0.339. The smallest absolute Gasteiger partial charge is 0.328 e. The van der Waals surface area contributed by atoms with E-state index in [1.165, 1.54) is 0 Å². The van der Waals surface area contributed by atoms with Crippen LogP contribution in [0.5, 0.6) is 0 Å². The summed E-state index contributed by atoms with van der Waals surface area (Å²) in [5.41, 5.74) is 7.16. The molecule has 0 aliphatic rings. The highest BCUT2D eigenvalue weighted by Gasteiger charge is 2.23. The third kappa shape index (κ3) is 6.47. The van der Waals surface area contributed by atoms with Gasteiger partial charge in [0, 0.05) is 18.5 Å². The van der Waals surface area contributed by atoms with Crippen LogP contribution in [-0.2, 0) is 22.5 Å². The van der Waals surface area contributed by atoms with Crippen LogP contribution < -0.4 is 16.4 Å². The molecule has 0 fully saturated rings. The number of benzene rings is 2. The van der Waals surface area contributed by atoms with Gasteiger partial charge in [-0.2, -0.15) is 0 Å². The zero-order chi connectivity index (χ0) is 19.6. The number of rotatable bonds is 8. The van der Waals surface area contributed by atoms with Crippen LogP contribution in [0.15, 0.2) is 54.6 Å². The largest absolute Gasteiger partial charge is 0.464 e. The predicted octanol–water partition coefficient (Wildman–Crippen LogP) is 1.76. The highest BCUT2D eigenvalue weighted by molar-refractivity contribution is 5.96. The Morgan fingerprint density at radius 3 is 2.26 bits per heavy atom. The lowest BCUT2D eigenvalue weighted by Crippen LogP contribution is -2.43. The maximum Gasteiger partial charge on any atom is 0.328 e. The normalized spacial score (nSPS) is 11.3. The fourth-order valence-corrected chi connectivity index (χ4v) is 2.49. The number of amides is 3. The van der Waals surface area contributed by atoms with Gasteiger partial charge in [-0.05, 0) is 30.2 Å². The molecule has 0 aliphatic carbocycles. The van der Waals surface area contributed by atoms with Crippen molar-refractivity contribution in [2.75, 3.05) is 6.61 Å². The maximum absolute atomic E-state index is 12.5. The number of carbonyl (C=O) groups excluding carboxylic acids is 3. The third-order valence-electron chi connectivity index (χ3n) is 3.84. The quantitative estimate of drug-likeness (QED) is 0.616. The van der Waals surface area contributed by atoms with E-state index >= 15 is 0 Å². The van der Waals surface area contributed by atoms with Crippen LogP contribution in [0, 0.1) is 0 Å². The average Bonchev–Trinajstić information content (AvgIpc) is 2.67. The molecule has 3 amide bonds. The van der Waals surface area contributed by atoms with Crippen LogP contribution in [0.25, 0.3) is 0 Å². The highest BCUT2D eigenvalue weighted by atomic mass is 16.5. The number of nitrogens with one attached hydrogen (secondary N) is 2. The Bertz CT molecular complexity index is 776. The summed E-state index contributed by atoms with van der Waals surface area (Å²) in [5.74, 6) is -0.852. The molecule has 0 radical (unpaired) electrons. The van der Waals surface area contributed by atoms with Crippen molar-refractivity contribution >= 4 is 17.9 Å². The third-order valence-corrected chi connectivity index (χ3v) is 3.84. The van der Waals surface area contributed by atoms with Crippen LogP contribution >= 0.6 is 0 Å². The van der Waals surface area contributed by atoms with Crippen molar-refractivity contribution in [1.29, 1.82) is 0 Å². The average molecular weight is 369 g/mol. The number of urea groups is 1. The number of hydrogen-bond acceptors (Lipinski definition) is 4. The maximum atomic E-state index is 12.5. The second-order valence-electron chi connectivity index (χ2n) is 5.88. The molecule has 7 heteroatoms. The van der Waals surface area contributed by atoms with Crippen molar-refractivity contribution < 1.29 is 19.1 Å². The monoisotopic (exact) mass is 369 g/mol. The van der Waals surface area contributed by atoms with E-state index in [0.29, 0.717) is 12.0 Å². The van der Waals surface area contributed by atoms with E-state index in [4.69, 9.17) is 10.5 Å². The molecule has 0 spiro atoms. The zero-order valence-electron chi connectivity index (χ0n) is 15.1. The van der Waals surface area contributed by atoms with Gasteiger partial charge in [0.15, 0.2) is 0 Å². The fraction of sp³-hybridized carbons (Fsp3) is 0.250.